The molecule has 10 N–H and O–H groups in total. The number of carbonyl (C=O) groups is 3. The van der Waals surface area contributed by atoms with Crippen molar-refractivity contribution in [2.45, 2.75) is 206 Å². The highest BCUT2D eigenvalue weighted by Crippen LogP contribution is 2.61. The molecule has 7 atom stereocenters. The number of thioether (sulfide) groups is 1. The van der Waals surface area contributed by atoms with Gasteiger partial charge in [0.05, 0.1) is 19.5 Å². The molecule has 0 aliphatic carbocycles. The van der Waals surface area contributed by atoms with E-state index < -0.39 is 84.6 Å². The van der Waals surface area contributed by atoms with Gasteiger partial charge in [-0.3, -0.25) is 32.5 Å². The third kappa shape index (κ3) is 26.3. The Hall–Kier alpha value is -2.44. The molecule has 3 unspecified atom stereocenters. The number of aromatic nitrogens is 4. The number of nitrogen functional groups attached to an aromatic ring is 1. The fourth-order valence-electron chi connectivity index (χ4n) is 8.25. The van der Waals surface area contributed by atoms with Gasteiger partial charge in [0, 0.05) is 37.1 Å². The van der Waals surface area contributed by atoms with Crippen LogP contribution in [0.25, 0.3) is 11.2 Å². The zero-order valence-electron chi connectivity index (χ0n) is 43.3. The molecule has 1 aliphatic heterocycles. The molecule has 74 heavy (non-hydrogen) atoms. The van der Waals surface area contributed by atoms with Crippen LogP contribution in [0.2, 0.25) is 0 Å². The molecule has 1 aliphatic rings. The fourth-order valence-corrected chi connectivity index (χ4v) is 11.8. The second kappa shape index (κ2) is 34.4. The van der Waals surface area contributed by atoms with Crippen LogP contribution < -0.4 is 16.4 Å². The molecule has 0 saturated carbocycles. The van der Waals surface area contributed by atoms with Crippen LogP contribution in [-0.4, -0.2) is 123 Å². The van der Waals surface area contributed by atoms with Gasteiger partial charge in [-0.1, -0.05) is 167 Å². The zero-order valence-corrected chi connectivity index (χ0v) is 46.8. The number of phosphoric acid groups is 3. The summed E-state index contributed by atoms with van der Waals surface area (Å²) >= 11 is 1.16. The Bertz CT molecular complexity index is 2120. The lowest BCUT2D eigenvalue weighted by atomic mass is 9.87. The van der Waals surface area contributed by atoms with Gasteiger partial charge in [-0.25, -0.2) is 28.6 Å². The van der Waals surface area contributed by atoms with Crippen molar-refractivity contribution < 1.29 is 80.5 Å². The van der Waals surface area contributed by atoms with Crippen molar-refractivity contribution in [3.05, 3.63) is 12.7 Å². The van der Waals surface area contributed by atoms with Gasteiger partial charge in [0.15, 0.2) is 22.8 Å². The predicted molar refractivity (Wildman–Crippen MR) is 279 cm³/mol. The number of aliphatic hydroxyl groups excluding tert-OH is 2. The lowest BCUT2D eigenvalue weighted by Gasteiger charge is -2.30. The summed E-state index contributed by atoms with van der Waals surface area (Å²) in [5, 5.41) is 26.7. The maximum Gasteiger partial charge on any atom is 0.481 e. The normalized spacial score (nSPS) is 19.3. The number of amides is 2. The Morgan fingerprint density at radius 3 is 1.84 bits per heavy atom. The summed E-state index contributed by atoms with van der Waals surface area (Å²) in [6.45, 7) is 2.86. The Morgan fingerprint density at radius 1 is 0.770 bits per heavy atom. The zero-order chi connectivity index (χ0) is 54.6. The number of carbonyl (C=O) groups excluding carboxylic acids is 3. The molecule has 1 fully saturated rings. The number of nitrogens with two attached hydrogens (primary N) is 1. The maximum absolute atomic E-state index is 12.8. The van der Waals surface area contributed by atoms with Crippen molar-refractivity contribution in [2.24, 2.45) is 5.41 Å². The van der Waals surface area contributed by atoms with E-state index in [2.05, 4.69) is 41.3 Å². The summed E-state index contributed by atoms with van der Waals surface area (Å²) in [5.74, 6) is -1.01. The number of nitrogens with one attached hydrogen (secondary N) is 2. The minimum absolute atomic E-state index is 0.0347. The minimum Gasteiger partial charge on any atom is -0.386 e. The van der Waals surface area contributed by atoms with Crippen molar-refractivity contribution in [3.8, 4) is 0 Å². The van der Waals surface area contributed by atoms with Crippen LogP contribution in [0, 0.1) is 5.41 Å². The molecule has 3 rings (SSSR count). The largest absolute Gasteiger partial charge is 0.481 e. The van der Waals surface area contributed by atoms with Gasteiger partial charge in [-0.05, 0) is 6.42 Å². The average Bonchev–Trinajstić information content (AvgIpc) is 3.90. The Labute approximate surface area is 439 Å². The van der Waals surface area contributed by atoms with Crippen LogP contribution >= 0.6 is 35.2 Å². The molecule has 0 bridgehead atoms. The number of aliphatic hydroxyl groups is 2. The standard InChI is InChI=1S/C46H84N7O17P3S/c1-4-5-6-7-8-9-10-11-12-13-14-15-16-17-18-19-20-21-22-23-24-25-26-37(55)74-30-29-48-36(54)27-28-49-44(58)41(57)46(2,3)32-67-73(64,65)70-72(62,63)66-31-35-40(69-71(59,60)61)39(56)45(68-35)53-34-52-38-42(47)50-33-51-43(38)53/h33-35,39-41,45,56-57H,4-32H2,1-3H3,(H,48,54)(H,49,58)(H,62,63)(H,64,65)(H2,47,50,51)(H2,59,60,61)/t35-,39?,40+,41+,45-/m1/s1. The molecular formula is C46H84N7O17P3S. The van der Waals surface area contributed by atoms with E-state index in [0.29, 0.717) is 12.2 Å². The molecule has 2 aromatic rings. The highest BCUT2D eigenvalue weighted by atomic mass is 32.2. The quantitative estimate of drug-likeness (QED) is 0.0227. The van der Waals surface area contributed by atoms with Crippen LogP contribution in [0.5, 0.6) is 0 Å². The summed E-state index contributed by atoms with van der Waals surface area (Å²) in [7, 11) is -16.4. The summed E-state index contributed by atoms with van der Waals surface area (Å²) in [4.78, 5) is 88.6. The molecule has 426 valence electrons. The van der Waals surface area contributed by atoms with Crippen molar-refractivity contribution in [1.82, 2.24) is 30.2 Å². The van der Waals surface area contributed by atoms with E-state index in [4.69, 9.17) is 19.5 Å². The average molecular weight is 1130 g/mol. The van der Waals surface area contributed by atoms with Gasteiger partial charge >= 0.3 is 23.5 Å². The smallest absolute Gasteiger partial charge is 0.386 e. The van der Waals surface area contributed by atoms with E-state index in [1.54, 1.807) is 0 Å². The highest BCUT2D eigenvalue weighted by molar-refractivity contribution is 8.13. The van der Waals surface area contributed by atoms with Crippen molar-refractivity contribution >= 4 is 69.1 Å². The first-order chi connectivity index (χ1) is 35.1. The van der Waals surface area contributed by atoms with Crippen LogP contribution in [0.4, 0.5) is 5.82 Å². The van der Waals surface area contributed by atoms with Crippen molar-refractivity contribution in [1.29, 1.82) is 0 Å². The first-order valence-corrected chi connectivity index (χ1v) is 31.6. The molecule has 2 aromatic heterocycles. The van der Waals surface area contributed by atoms with E-state index >= 15 is 0 Å². The second-order valence-electron chi connectivity index (χ2n) is 19.5. The third-order valence-electron chi connectivity index (χ3n) is 12.5. The predicted octanol–water partition coefficient (Wildman–Crippen LogP) is 7.66. The number of ether oxygens (including phenoxy) is 1. The van der Waals surface area contributed by atoms with E-state index in [-0.39, 0.29) is 41.6 Å². The van der Waals surface area contributed by atoms with Crippen LogP contribution in [0.1, 0.15) is 181 Å². The Kier molecular flexibility index (Phi) is 30.6. The van der Waals surface area contributed by atoms with Gasteiger partial charge < -0.3 is 50.9 Å². The van der Waals surface area contributed by atoms with Crippen LogP contribution in [0.3, 0.4) is 0 Å². The number of imidazole rings is 1. The van der Waals surface area contributed by atoms with Gasteiger partial charge in [0.2, 0.25) is 11.8 Å². The summed E-state index contributed by atoms with van der Waals surface area (Å²) in [6.07, 6.45) is 22.3. The number of anilines is 1. The molecule has 24 nitrogen and oxygen atoms in total. The number of hydrogen-bond donors (Lipinski definition) is 9. The van der Waals surface area contributed by atoms with Gasteiger partial charge in [-0.2, -0.15) is 4.31 Å². The minimum atomic E-state index is -5.58. The number of rotatable bonds is 42. The molecule has 2 amide bonds. The van der Waals surface area contributed by atoms with Gasteiger partial charge in [-0.15, -0.1) is 0 Å². The number of unbranched alkanes of at least 4 members (excludes halogenated alkanes) is 21. The van der Waals surface area contributed by atoms with E-state index in [9.17, 15) is 57.9 Å². The fraction of sp³-hybridized carbons (Fsp3) is 0.826. The maximum atomic E-state index is 12.8. The lowest BCUT2D eigenvalue weighted by molar-refractivity contribution is -0.137. The molecule has 28 heteroatoms. The molecule has 1 saturated heterocycles. The Morgan fingerprint density at radius 2 is 1.30 bits per heavy atom. The van der Waals surface area contributed by atoms with Crippen LogP contribution in [0.15, 0.2) is 12.7 Å². The lowest BCUT2D eigenvalue weighted by Crippen LogP contribution is -2.46. The van der Waals surface area contributed by atoms with E-state index in [1.165, 1.54) is 136 Å². The second-order valence-corrected chi connectivity index (χ2v) is 24.9. The van der Waals surface area contributed by atoms with Crippen molar-refractivity contribution in [2.75, 3.05) is 37.8 Å². The highest BCUT2D eigenvalue weighted by Gasteiger charge is 2.50. The molecule has 0 radical (unpaired) electrons. The summed E-state index contributed by atoms with van der Waals surface area (Å²) in [6, 6.07) is 0. The van der Waals surface area contributed by atoms with Gasteiger partial charge in [0.25, 0.3) is 0 Å². The Balaban J connectivity index is 1.21. The molecule has 0 aromatic carbocycles. The number of phosphoric ester groups is 3. The van der Waals surface area contributed by atoms with Crippen LogP contribution in [-0.2, 0) is 50.7 Å². The number of hydrogen-bond acceptors (Lipinski definition) is 18. The SMILES string of the molecule is CCCCCCCCCCCCCCCCCCCCCCCCC(=O)SCCNC(=O)CCNC(=O)[C@H](O)C(C)(C)COP(=O)(O)OP(=O)(O)OC[C@H]1O[C@@H](n2cnc3c(N)ncnc32)C(O)[C@H]1OP(=O)(O)O. The number of nitrogens with zero attached hydrogens (tertiary/aromatic N) is 4. The number of fused-ring (bicyclic) bond motifs is 1. The first-order valence-electron chi connectivity index (χ1n) is 26.1. The monoisotopic (exact) mass is 1130 g/mol. The molecular weight excluding hydrogens is 1050 g/mol. The third-order valence-corrected chi connectivity index (χ3v) is 16.5. The van der Waals surface area contributed by atoms with Gasteiger partial charge in [0.1, 0.15) is 36.3 Å². The molecule has 0 spiro atoms. The topological polar surface area (TPSA) is 364 Å². The summed E-state index contributed by atoms with van der Waals surface area (Å²) < 4.78 is 62.6. The van der Waals surface area contributed by atoms with E-state index in [0.717, 1.165) is 48.2 Å². The van der Waals surface area contributed by atoms with Crippen molar-refractivity contribution in [3.63, 3.8) is 0 Å². The summed E-state index contributed by atoms with van der Waals surface area (Å²) in [5.41, 5.74) is 4.30. The molecule has 3 heterocycles. The van der Waals surface area contributed by atoms with E-state index in [1.807, 2.05) is 0 Å². The first kappa shape index (κ1) is 65.8.